The Morgan fingerprint density at radius 3 is 2.38 bits per heavy atom. The van der Waals surface area contributed by atoms with Crippen molar-refractivity contribution < 1.29 is 9.59 Å². The van der Waals surface area contributed by atoms with Crippen LogP contribution in [-0.2, 0) is 0 Å². The molecular weight excluding hydrogens is 406 g/mol. The number of aromatic nitrogens is 1. The number of nitrogens with two attached hydrogens (primary N) is 1. The Balaban J connectivity index is 2.32. The fourth-order valence-electron chi connectivity index (χ4n) is 2.17. The standard InChI is InChI=1S/C13H7Br2N3O3/c14-7-2-1-5(3-8(7)15)18-9(19)4-6-10(11(18)16)13(21)17-12(6)20/h1-4H,16H2,(H,17,20,21). The van der Waals surface area contributed by atoms with Crippen LogP contribution in [0.1, 0.15) is 20.7 Å². The van der Waals surface area contributed by atoms with Crippen molar-refractivity contribution in [2.24, 2.45) is 0 Å². The summed E-state index contributed by atoms with van der Waals surface area (Å²) in [7, 11) is 0. The predicted octanol–water partition coefficient (Wildman–Crippen LogP) is 1.83. The molecule has 8 heteroatoms. The van der Waals surface area contributed by atoms with Crippen LogP contribution < -0.4 is 16.6 Å². The van der Waals surface area contributed by atoms with Crippen molar-refractivity contribution in [1.29, 1.82) is 0 Å². The molecule has 0 unspecified atom stereocenters. The quantitative estimate of drug-likeness (QED) is 0.698. The minimum Gasteiger partial charge on any atom is -0.384 e. The number of halogens is 2. The number of pyridine rings is 1. The number of amides is 2. The third-order valence-electron chi connectivity index (χ3n) is 3.11. The van der Waals surface area contributed by atoms with Crippen LogP contribution in [0.5, 0.6) is 0 Å². The van der Waals surface area contributed by atoms with Gasteiger partial charge in [0.15, 0.2) is 0 Å². The zero-order chi connectivity index (χ0) is 15.3. The highest BCUT2D eigenvalue weighted by Gasteiger charge is 2.31. The normalized spacial score (nSPS) is 13.2. The smallest absolute Gasteiger partial charge is 0.262 e. The molecule has 3 N–H and O–H groups in total. The fourth-order valence-corrected chi connectivity index (χ4v) is 2.78. The molecule has 0 fully saturated rings. The number of nitrogens with one attached hydrogen (secondary N) is 1. The summed E-state index contributed by atoms with van der Waals surface area (Å²) in [4.78, 5) is 35.6. The molecule has 0 spiro atoms. The van der Waals surface area contributed by atoms with Crippen molar-refractivity contribution in [2.45, 2.75) is 0 Å². The van der Waals surface area contributed by atoms with Crippen LogP contribution in [0.25, 0.3) is 5.69 Å². The first kappa shape index (κ1) is 14.0. The van der Waals surface area contributed by atoms with Crippen molar-refractivity contribution in [3.8, 4) is 5.69 Å². The van der Waals surface area contributed by atoms with E-state index in [9.17, 15) is 14.4 Å². The summed E-state index contributed by atoms with van der Waals surface area (Å²) in [6.45, 7) is 0. The number of nitrogens with zero attached hydrogens (tertiary/aromatic N) is 1. The van der Waals surface area contributed by atoms with Crippen molar-refractivity contribution in [1.82, 2.24) is 9.88 Å². The first-order valence-corrected chi connectivity index (χ1v) is 7.35. The summed E-state index contributed by atoms with van der Waals surface area (Å²) >= 11 is 6.67. The molecule has 2 amide bonds. The predicted molar refractivity (Wildman–Crippen MR) is 83.6 cm³/mol. The van der Waals surface area contributed by atoms with Crippen molar-refractivity contribution >= 4 is 49.5 Å². The molecule has 0 aliphatic carbocycles. The van der Waals surface area contributed by atoms with Crippen molar-refractivity contribution in [3.63, 3.8) is 0 Å². The van der Waals surface area contributed by atoms with E-state index in [1.54, 1.807) is 18.2 Å². The van der Waals surface area contributed by atoms with Gasteiger partial charge >= 0.3 is 0 Å². The van der Waals surface area contributed by atoms with E-state index in [1.165, 1.54) is 4.57 Å². The highest BCUT2D eigenvalue weighted by Crippen LogP contribution is 2.28. The lowest BCUT2D eigenvalue weighted by atomic mass is 10.1. The Labute approximate surface area is 135 Å². The molecule has 0 saturated heterocycles. The van der Waals surface area contributed by atoms with E-state index in [2.05, 4.69) is 37.2 Å². The van der Waals surface area contributed by atoms with Gasteiger partial charge in [-0.15, -0.1) is 0 Å². The van der Waals surface area contributed by atoms with Gasteiger partial charge in [-0.1, -0.05) is 0 Å². The molecule has 1 aliphatic heterocycles. The van der Waals surface area contributed by atoms with Gasteiger partial charge in [0.25, 0.3) is 17.4 Å². The molecule has 6 nitrogen and oxygen atoms in total. The van der Waals surface area contributed by atoms with Gasteiger partial charge in [0, 0.05) is 15.0 Å². The molecule has 0 atom stereocenters. The molecule has 1 aromatic carbocycles. The largest absolute Gasteiger partial charge is 0.384 e. The lowest BCUT2D eigenvalue weighted by Crippen LogP contribution is -2.24. The van der Waals surface area contributed by atoms with E-state index in [4.69, 9.17) is 5.73 Å². The van der Waals surface area contributed by atoms with Gasteiger partial charge in [-0.3, -0.25) is 24.3 Å². The number of carbonyl (C=O) groups is 2. The van der Waals surface area contributed by atoms with E-state index in [0.29, 0.717) is 5.69 Å². The van der Waals surface area contributed by atoms with Gasteiger partial charge in [-0.05, 0) is 50.1 Å². The fraction of sp³-hybridized carbons (Fsp3) is 0. The Bertz CT molecular complexity index is 874. The van der Waals surface area contributed by atoms with E-state index in [1.807, 2.05) is 0 Å². The lowest BCUT2D eigenvalue weighted by Gasteiger charge is -2.12. The Hall–Kier alpha value is -1.93. The maximum absolute atomic E-state index is 12.2. The zero-order valence-electron chi connectivity index (χ0n) is 10.3. The molecule has 2 aromatic rings. The lowest BCUT2D eigenvalue weighted by molar-refractivity contribution is 0.0880. The van der Waals surface area contributed by atoms with Crippen LogP contribution in [0.2, 0.25) is 0 Å². The number of imide groups is 1. The highest BCUT2D eigenvalue weighted by molar-refractivity contribution is 9.13. The summed E-state index contributed by atoms with van der Waals surface area (Å²) in [5, 5.41) is 2.12. The maximum Gasteiger partial charge on any atom is 0.262 e. The zero-order valence-corrected chi connectivity index (χ0v) is 13.5. The molecule has 21 heavy (non-hydrogen) atoms. The molecule has 2 heterocycles. The summed E-state index contributed by atoms with van der Waals surface area (Å²) in [6.07, 6.45) is 0. The minimum absolute atomic E-state index is 0.00919. The topological polar surface area (TPSA) is 94.2 Å². The first-order valence-electron chi connectivity index (χ1n) is 5.77. The maximum atomic E-state index is 12.2. The second-order valence-electron chi connectivity index (χ2n) is 4.37. The molecule has 3 rings (SSSR count). The number of carbonyl (C=O) groups excluding carboxylic acids is 2. The third-order valence-corrected chi connectivity index (χ3v) is 4.99. The van der Waals surface area contributed by atoms with E-state index >= 15 is 0 Å². The van der Waals surface area contributed by atoms with Crippen LogP contribution in [-0.4, -0.2) is 16.4 Å². The molecule has 1 aromatic heterocycles. The van der Waals surface area contributed by atoms with Gasteiger partial charge in [0.05, 0.1) is 16.8 Å². The van der Waals surface area contributed by atoms with Gasteiger partial charge in [0.1, 0.15) is 5.82 Å². The van der Waals surface area contributed by atoms with Gasteiger partial charge in [-0.25, -0.2) is 0 Å². The molecule has 0 radical (unpaired) electrons. The Morgan fingerprint density at radius 1 is 1.00 bits per heavy atom. The van der Waals surface area contributed by atoms with Crippen LogP contribution in [0.4, 0.5) is 5.82 Å². The molecule has 0 saturated carbocycles. The highest BCUT2D eigenvalue weighted by atomic mass is 79.9. The van der Waals surface area contributed by atoms with Crippen LogP contribution >= 0.6 is 31.9 Å². The third kappa shape index (κ3) is 2.11. The second kappa shape index (κ2) is 4.81. The number of hydrogen-bond donors (Lipinski definition) is 2. The van der Waals surface area contributed by atoms with E-state index < -0.39 is 17.4 Å². The number of nitrogen functional groups attached to an aromatic ring is 1. The number of fused-ring (bicyclic) bond motifs is 1. The van der Waals surface area contributed by atoms with E-state index in [0.717, 1.165) is 15.0 Å². The van der Waals surface area contributed by atoms with Gasteiger partial charge < -0.3 is 5.73 Å². The first-order chi connectivity index (χ1) is 9.90. The van der Waals surface area contributed by atoms with Crippen LogP contribution in [0.3, 0.4) is 0 Å². The molecule has 1 aliphatic rings. The average molecular weight is 413 g/mol. The monoisotopic (exact) mass is 411 g/mol. The van der Waals surface area contributed by atoms with Crippen LogP contribution in [0, 0.1) is 0 Å². The number of benzene rings is 1. The second-order valence-corrected chi connectivity index (χ2v) is 6.08. The number of hydrogen-bond acceptors (Lipinski definition) is 4. The average Bonchev–Trinajstić information content (AvgIpc) is 2.69. The molecule has 106 valence electrons. The molecular formula is C13H7Br2N3O3. The summed E-state index contributed by atoms with van der Waals surface area (Å²) in [5.74, 6) is -1.27. The van der Waals surface area contributed by atoms with E-state index in [-0.39, 0.29) is 16.9 Å². The SMILES string of the molecule is Nc1c2c(cc(=O)n1-c1ccc(Br)c(Br)c1)C(=O)NC2=O. The Kier molecular flexibility index (Phi) is 3.22. The van der Waals surface area contributed by atoms with Gasteiger partial charge in [-0.2, -0.15) is 0 Å². The van der Waals surface area contributed by atoms with Crippen LogP contribution in [0.15, 0.2) is 38.0 Å². The molecule has 0 bridgehead atoms. The summed E-state index contributed by atoms with van der Waals surface area (Å²) in [5.41, 5.74) is 5.97. The number of anilines is 1. The van der Waals surface area contributed by atoms with Crippen molar-refractivity contribution in [3.05, 3.63) is 54.7 Å². The van der Waals surface area contributed by atoms with Crippen molar-refractivity contribution in [2.75, 3.05) is 5.73 Å². The minimum atomic E-state index is -0.608. The van der Waals surface area contributed by atoms with Gasteiger partial charge in [0.2, 0.25) is 0 Å². The summed E-state index contributed by atoms with van der Waals surface area (Å²) in [6, 6.07) is 6.21. The number of rotatable bonds is 1. The summed E-state index contributed by atoms with van der Waals surface area (Å²) < 4.78 is 2.73. The Morgan fingerprint density at radius 2 is 1.71 bits per heavy atom.